The molecular formula is C29H32ClN3O5. The number of carbonyl (C=O) groups excluding carboxylic acids is 1. The number of nitrogens with one attached hydrogen (secondary N) is 1. The summed E-state index contributed by atoms with van der Waals surface area (Å²) in [6, 6.07) is 14.6. The summed E-state index contributed by atoms with van der Waals surface area (Å²) in [6.45, 7) is 6.78. The Bertz CT molecular complexity index is 1420. The highest BCUT2D eigenvalue weighted by Crippen LogP contribution is 2.38. The summed E-state index contributed by atoms with van der Waals surface area (Å²) in [5, 5.41) is 3.80. The van der Waals surface area contributed by atoms with Crippen LogP contribution in [-0.4, -0.2) is 43.4 Å². The number of amides is 1. The second-order valence-corrected chi connectivity index (χ2v) is 9.32. The molecule has 0 aliphatic rings. The van der Waals surface area contributed by atoms with E-state index < -0.39 is 6.04 Å². The molecule has 1 aromatic heterocycles. The van der Waals surface area contributed by atoms with Crippen LogP contribution in [0.3, 0.4) is 0 Å². The molecule has 0 aliphatic carbocycles. The molecule has 3 aromatic carbocycles. The van der Waals surface area contributed by atoms with Crippen LogP contribution in [0.25, 0.3) is 11.0 Å². The Balaban J connectivity index is 1.57. The summed E-state index contributed by atoms with van der Waals surface area (Å²) in [6.07, 6.45) is 0. The molecule has 4 aromatic rings. The summed E-state index contributed by atoms with van der Waals surface area (Å²) in [7, 11) is 4.54. The number of hydrogen-bond acceptors (Lipinski definition) is 6. The van der Waals surface area contributed by atoms with Crippen molar-refractivity contribution >= 4 is 28.5 Å². The number of nitrogens with zero attached hydrogens (tertiary/aromatic N) is 2. The van der Waals surface area contributed by atoms with Gasteiger partial charge >= 0.3 is 0 Å². The summed E-state index contributed by atoms with van der Waals surface area (Å²) in [5.74, 6) is 2.42. The van der Waals surface area contributed by atoms with E-state index in [0.29, 0.717) is 36.0 Å². The molecule has 1 amide bonds. The SMILES string of the molecule is COc1cc(C(=O)NC(C)c2nc3ccccc3n2CCOc2cc(C)c(Cl)c(C)c2)cc(OC)c1OC. The van der Waals surface area contributed by atoms with Crippen molar-refractivity contribution in [3.63, 3.8) is 0 Å². The van der Waals surface area contributed by atoms with Crippen LogP contribution in [0.5, 0.6) is 23.0 Å². The Kier molecular flexibility index (Phi) is 8.32. The molecule has 1 heterocycles. The number of para-hydroxylation sites is 2. The molecule has 0 fully saturated rings. The van der Waals surface area contributed by atoms with Gasteiger partial charge in [-0.1, -0.05) is 23.7 Å². The van der Waals surface area contributed by atoms with Gasteiger partial charge < -0.3 is 28.8 Å². The average molecular weight is 538 g/mol. The fourth-order valence-corrected chi connectivity index (χ4v) is 4.57. The highest BCUT2D eigenvalue weighted by molar-refractivity contribution is 6.32. The predicted octanol–water partition coefficient (Wildman–Crippen LogP) is 5.90. The zero-order valence-electron chi connectivity index (χ0n) is 22.4. The second kappa shape index (κ2) is 11.6. The number of imidazole rings is 1. The molecule has 0 spiro atoms. The van der Waals surface area contributed by atoms with Gasteiger partial charge in [-0.25, -0.2) is 4.98 Å². The minimum absolute atomic E-state index is 0.293. The number of methoxy groups -OCH3 is 3. The van der Waals surface area contributed by atoms with E-state index in [2.05, 4.69) is 9.88 Å². The first kappa shape index (κ1) is 27.1. The fraction of sp³-hybridized carbons (Fsp3) is 0.310. The van der Waals surface area contributed by atoms with E-state index in [0.717, 1.165) is 38.8 Å². The first-order valence-electron chi connectivity index (χ1n) is 12.2. The monoisotopic (exact) mass is 537 g/mol. The van der Waals surface area contributed by atoms with Gasteiger partial charge in [-0.3, -0.25) is 4.79 Å². The minimum Gasteiger partial charge on any atom is -0.493 e. The van der Waals surface area contributed by atoms with Crippen LogP contribution >= 0.6 is 11.6 Å². The van der Waals surface area contributed by atoms with E-state index in [-0.39, 0.29) is 5.91 Å². The maximum atomic E-state index is 13.2. The number of hydrogen-bond donors (Lipinski definition) is 1. The smallest absolute Gasteiger partial charge is 0.252 e. The van der Waals surface area contributed by atoms with E-state index in [1.807, 2.05) is 57.2 Å². The standard InChI is InChI=1S/C29H32ClN3O5/c1-17-13-21(14-18(2)26(17)30)38-12-11-33-23-10-8-7-9-22(23)32-28(33)19(3)31-29(34)20-15-24(35-4)27(37-6)25(16-20)36-5/h7-10,13-16,19H,11-12H2,1-6H3,(H,31,34). The van der Waals surface area contributed by atoms with E-state index in [1.54, 1.807) is 12.1 Å². The average Bonchev–Trinajstić information content (AvgIpc) is 3.29. The van der Waals surface area contributed by atoms with Gasteiger partial charge in [0.15, 0.2) is 11.5 Å². The lowest BCUT2D eigenvalue weighted by molar-refractivity contribution is 0.0936. The Hall–Kier alpha value is -3.91. The summed E-state index contributed by atoms with van der Waals surface area (Å²) < 4.78 is 24.3. The van der Waals surface area contributed by atoms with E-state index in [9.17, 15) is 4.79 Å². The Morgan fingerprint density at radius 3 is 2.24 bits per heavy atom. The zero-order valence-corrected chi connectivity index (χ0v) is 23.2. The van der Waals surface area contributed by atoms with Gasteiger partial charge in [0.25, 0.3) is 5.91 Å². The van der Waals surface area contributed by atoms with Crippen LogP contribution in [0.1, 0.15) is 40.3 Å². The first-order valence-corrected chi connectivity index (χ1v) is 12.6. The molecule has 0 radical (unpaired) electrons. The van der Waals surface area contributed by atoms with Crippen LogP contribution in [0.2, 0.25) is 5.02 Å². The molecular weight excluding hydrogens is 506 g/mol. The minimum atomic E-state index is -0.394. The molecule has 0 saturated heterocycles. The maximum Gasteiger partial charge on any atom is 0.252 e. The zero-order chi connectivity index (χ0) is 27.4. The van der Waals surface area contributed by atoms with Crippen molar-refractivity contribution in [1.29, 1.82) is 0 Å². The summed E-state index contributed by atoms with van der Waals surface area (Å²) in [4.78, 5) is 18.1. The van der Waals surface area contributed by atoms with Crippen LogP contribution in [0.4, 0.5) is 0 Å². The summed E-state index contributed by atoms with van der Waals surface area (Å²) >= 11 is 6.30. The number of aromatic nitrogens is 2. The van der Waals surface area contributed by atoms with Crippen molar-refractivity contribution in [3.05, 3.63) is 76.1 Å². The van der Waals surface area contributed by atoms with Gasteiger partial charge in [-0.2, -0.15) is 0 Å². The van der Waals surface area contributed by atoms with Crippen molar-refractivity contribution in [2.75, 3.05) is 27.9 Å². The van der Waals surface area contributed by atoms with Crippen LogP contribution in [0.15, 0.2) is 48.5 Å². The number of carbonyl (C=O) groups is 1. The molecule has 1 atom stereocenters. The highest BCUT2D eigenvalue weighted by Gasteiger charge is 2.22. The predicted molar refractivity (Wildman–Crippen MR) is 148 cm³/mol. The van der Waals surface area contributed by atoms with E-state index in [1.165, 1.54) is 21.3 Å². The molecule has 8 nitrogen and oxygen atoms in total. The molecule has 0 aliphatic heterocycles. The lowest BCUT2D eigenvalue weighted by Crippen LogP contribution is -2.29. The topological polar surface area (TPSA) is 83.8 Å². The van der Waals surface area contributed by atoms with Crippen molar-refractivity contribution in [1.82, 2.24) is 14.9 Å². The molecule has 0 bridgehead atoms. The Morgan fingerprint density at radius 2 is 1.63 bits per heavy atom. The molecule has 1 unspecified atom stereocenters. The number of aryl methyl sites for hydroxylation is 2. The van der Waals surface area contributed by atoms with Gasteiger partial charge in [0.1, 0.15) is 18.2 Å². The summed E-state index contributed by atoms with van der Waals surface area (Å²) in [5.41, 5.74) is 4.13. The number of halogens is 1. The molecule has 38 heavy (non-hydrogen) atoms. The van der Waals surface area contributed by atoms with Crippen molar-refractivity contribution in [2.45, 2.75) is 33.4 Å². The molecule has 0 saturated carbocycles. The Labute approximate surface area is 227 Å². The third-order valence-corrected chi connectivity index (χ3v) is 6.94. The van der Waals surface area contributed by atoms with Crippen molar-refractivity contribution in [3.8, 4) is 23.0 Å². The van der Waals surface area contributed by atoms with Gasteiger partial charge in [0.2, 0.25) is 5.75 Å². The van der Waals surface area contributed by atoms with Gasteiger partial charge in [0, 0.05) is 10.6 Å². The van der Waals surface area contributed by atoms with Crippen molar-refractivity contribution < 1.29 is 23.7 Å². The largest absolute Gasteiger partial charge is 0.493 e. The van der Waals surface area contributed by atoms with Gasteiger partial charge in [0.05, 0.1) is 44.9 Å². The third-order valence-electron chi connectivity index (χ3n) is 6.34. The molecule has 9 heteroatoms. The van der Waals surface area contributed by atoms with E-state index in [4.69, 9.17) is 35.5 Å². The van der Waals surface area contributed by atoms with Gasteiger partial charge in [-0.05, 0) is 68.3 Å². The van der Waals surface area contributed by atoms with Gasteiger partial charge in [-0.15, -0.1) is 0 Å². The number of fused-ring (bicyclic) bond motifs is 1. The van der Waals surface area contributed by atoms with Crippen LogP contribution < -0.4 is 24.3 Å². The number of benzene rings is 3. The van der Waals surface area contributed by atoms with Crippen LogP contribution in [0, 0.1) is 13.8 Å². The highest BCUT2D eigenvalue weighted by atomic mass is 35.5. The number of rotatable bonds is 10. The molecule has 200 valence electrons. The quantitative estimate of drug-likeness (QED) is 0.271. The lowest BCUT2D eigenvalue weighted by Gasteiger charge is -2.18. The van der Waals surface area contributed by atoms with Crippen LogP contribution in [-0.2, 0) is 6.54 Å². The van der Waals surface area contributed by atoms with Crippen molar-refractivity contribution in [2.24, 2.45) is 0 Å². The first-order chi connectivity index (χ1) is 18.3. The molecule has 4 rings (SSSR count). The third kappa shape index (κ3) is 5.50. The number of ether oxygens (including phenoxy) is 4. The maximum absolute atomic E-state index is 13.2. The lowest BCUT2D eigenvalue weighted by atomic mass is 10.1. The molecule has 1 N–H and O–H groups in total. The second-order valence-electron chi connectivity index (χ2n) is 8.94. The Morgan fingerprint density at radius 1 is 1.00 bits per heavy atom. The fourth-order valence-electron chi connectivity index (χ4n) is 4.46. The van der Waals surface area contributed by atoms with E-state index >= 15 is 0 Å². The normalized spacial score (nSPS) is 11.8.